The number of carbonyl (C=O) groups excluding carboxylic acids is 1. The van der Waals surface area contributed by atoms with Crippen LogP contribution in [0.1, 0.15) is 0 Å². The number of hydrogen-bond donors (Lipinski definition) is 0. The Morgan fingerprint density at radius 3 is 2.05 bits per heavy atom. The molecule has 0 aliphatic heterocycles. The SMILES string of the molecule is COC(=O)CN(c1ccccc1)S(=O)(=O)c1ccccc1. The van der Waals surface area contributed by atoms with Gasteiger partial charge in [0.15, 0.2) is 0 Å². The summed E-state index contributed by atoms with van der Waals surface area (Å²) in [5, 5.41) is 0. The molecule has 0 spiro atoms. The second-order valence-corrected chi connectivity index (χ2v) is 6.10. The van der Waals surface area contributed by atoms with Crippen LogP contribution >= 0.6 is 0 Å². The van der Waals surface area contributed by atoms with E-state index in [1.54, 1.807) is 48.5 Å². The highest BCUT2D eigenvalue weighted by Crippen LogP contribution is 2.23. The van der Waals surface area contributed by atoms with Gasteiger partial charge in [-0.25, -0.2) is 8.42 Å². The number of carbonyl (C=O) groups is 1. The lowest BCUT2D eigenvalue weighted by atomic mass is 10.3. The van der Waals surface area contributed by atoms with E-state index in [2.05, 4.69) is 4.74 Å². The number of sulfonamides is 1. The number of methoxy groups -OCH3 is 1. The summed E-state index contributed by atoms with van der Waals surface area (Å²) in [6.45, 7) is -0.377. The maximum atomic E-state index is 12.7. The minimum absolute atomic E-state index is 0.123. The van der Waals surface area contributed by atoms with Crippen molar-refractivity contribution in [3.05, 3.63) is 60.7 Å². The molecule has 5 nitrogen and oxygen atoms in total. The lowest BCUT2D eigenvalue weighted by Gasteiger charge is -2.23. The van der Waals surface area contributed by atoms with Gasteiger partial charge in [-0.2, -0.15) is 0 Å². The van der Waals surface area contributed by atoms with E-state index in [0.29, 0.717) is 5.69 Å². The molecule has 0 unspecified atom stereocenters. The van der Waals surface area contributed by atoms with E-state index in [-0.39, 0.29) is 11.4 Å². The molecule has 0 bridgehead atoms. The fraction of sp³-hybridized carbons (Fsp3) is 0.133. The standard InChI is InChI=1S/C15H15NO4S/c1-20-15(17)12-16(13-8-4-2-5-9-13)21(18,19)14-10-6-3-7-11-14/h2-11H,12H2,1H3. The average Bonchev–Trinajstić information content (AvgIpc) is 2.53. The molecule has 2 rings (SSSR count). The van der Waals surface area contributed by atoms with Crippen molar-refractivity contribution in [3.63, 3.8) is 0 Å². The Morgan fingerprint density at radius 2 is 1.52 bits per heavy atom. The molecule has 0 aromatic heterocycles. The van der Waals surface area contributed by atoms with Crippen LogP contribution in [0.25, 0.3) is 0 Å². The molecular weight excluding hydrogens is 290 g/mol. The molecule has 0 heterocycles. The summed E-state index contributed by atoms with van der Waals surface area (Å²) in [6.07, 6.45) is 0. The summed E-state index contributed by atoms with van der Waals surface area (Å²) >= 11 is 0. The van der Waals surface area contributed by atoms with Gasteiger partial charge in [-0.1, -0.05) is 36.4 Å². The van der Waals surface area contributed by atoms with E-state index in [0.717, 1.165) is 4.31 Å². The monoisotopic (exact) mass is 305 g/mol. The largest absolute Gasteiger partial charge is 0.468 e. The van der Waals surface area contributed by atoms with Crippen LogP contribution in [-0.2, 0) is 19.6 Å². The second kappa shape index (κ2) is 6.41. The molecule has 0 atom stereocenters. The molecule has 6 heteroatoms. The third kappa shape index (κ3) is 3.41. The maximum absolute atomic E-state index is 12.7. The molecule has 0 N–H and O–H groups in total. The first-order chi connectivity index (χ1) is 10.1. The van der Waals surface area contributed by atoms with Gasteiger partial charge in [0.25, 0.3) is 10.0 Å². The number of nitrogens with zero attached hydrogens (tertiary/aromatic N) is 1. The molecule has 0 radical (unpaired) electrons. The summed E-state index contributed by atoms with van der Waals surface area (Å²) in [5.41, 5.74) is 0.409. The average molecular weight is 305 g/mol. The maximum Gasteiger partial charge on any atom is 0.326 e. The molecule has 0 saturated carbocycles. The number of anilines is 1. The molecule has 2 aromatic rings. The highest BCUT2D eigenvalue weighted by Gasteiger charge is 2.27. The Hall–Kier alpha value is -2.34. The van der Waals surface area contributed by atoms with Crippen LogP contribution in [0.2, 0.25) is 0 Å². The second-order valence-electron chi connectivity index (χ2n) is 4.24. The van der Waals surface area contributed by atoms with E-state index in [9.17, 15) is 13.2 Å². The highest BCUT2D eigenvalue weighted by molar-refractivity contribution is 7.92. The predicted octanol–water partition coefficient (Wildman–Crippen LogP) is 2.05. The van der Waals surface area contributed by atoms with Crippen molar-refractivity contribution >= 4 is 21.7 Å². The van der Waals surface area contributed by atoms with Crippen LogP contribution < -0.4 is 4.31 Å². The summed E-state index contributed by atoms with van der Waals surface area (Å²) in [5.74, 6) is -0.627. The zero-order valence-corrected chi connectivity index (χ0v) is 12.3. The first kappa shape index (κ1) is 15.1. The van der Waals surface area contributed by atoms with Gasteiger partial charge in [0.1, 0.15) is 6.54 Å². The van der Waals surface area contributed by atoms with Crippen molar-refractivity contribution in [2.24, 2.45) is 0 Å². The fourth-order valence-corrected chi connectivity index (χ4v) is 3.24. The molecular formula is C15H15NO4S. The summed E-state index contributed by atoms with van der Waals surface area (Å²) in [7, 11) is -2.60. The van der Waals surface area contributed by atoms with Crippen LogP contribution in [0.4, 0.5) is 5.69 Å². The number of esters is 1. The first-order valence-electron chi connectivity index (χ1n) is 6.25. The normalized spacial score (nSPS) is 10.9. The van der Waals surface area contributed by atoms with E-state index >= 15 is 0 Å². The molecule has 0 aliphatic carbocycles. The number of para-hydroxylation sites is 1. The Kier molecular flexibility index (Phi) is 4.59. The third-order valence-corrected chi connectivity index (χ3v) is 4.66. The van der Waals surface area contributed by atoms with Crippen LogP contribution in [0.15, 0.2) is 65.6 Å². The fourth-order valence-electron chi connectivity index (χ4n) is 1.81. The minimum atomic E-state index is -3.83. The van der Waals surface area contributed by atoms with Crippen LogP contribution in [0.3, 0.4) is 0 Å². The van der Waals surface area contributed by atoms with Gasteiger partial charge in [-0.05, 0) is 24.3 Å². The lowest BCUT2D eigenvalue weighted by Crippen LogP contribution is -2.36. The van der Waals surface area contributed by atoms with Gasteiger partial charge in [0.2, 0.25) is 0 Å². The van der Waals surface area contributed by atoms with Crippen molar-refractivity contribution in [1.82, 2.24) is 0 Å². The van der Waals surface area contributed by atoms with Crippen LogP contribution in [0, 0.1) is 0 Å². The van der Waals surface area contributed by atoms with Gasteiger partial charge in [-0.3, -0.25) is 9.10 Å². The summed E-state index contributed by atoms with van der Waals surface area (Å²) in [6, 6.07) is 16.4. The summed E-state index contributed by atoms with van der Waals surface area (Å²) in [4.78, 5) is 11.7. The Labute approximate surface area is 123 Å². The van der Waals surface area contributed by atoms with Gasteiger partial charge in [0.05, 0.1) is 17.7 Å². The Balaban J connectivity index is 2.47. The molecule has 0 amide bonds. The smallest absolute Gasteiger partial charge is 0.326 e. The topological polar surface area (TPSA) is 63.7 Å². The van der Waals surface area contributed by atoms with Crippen molar-refractivity contribution in [1.29, 1.82) is 0 Å². The number of hydrogen-bond acceptors (Lipinski definition) is 4. The predicted molar refractivity (Wildman–Crippen MR) is 79.4 cm³/mol. The van der Waals surface area contributed by atoms with Crippen LogP contribution in [0.5, 0.6) is 0 Å². The lowest BCUT2D eigenvalue weighted by molar-refractivity contribution is -0.138. The molecule has 21 heavy (non-hydrogen) atoms. The zero-order chi connectivity index (χ0) is 15.3. The Morgan fingerprint density at radius 1 is 1.00 bits per heavy atom. The Bertz CT molecular complexity index is 699. The van der Waals surface area contributed by atoms with Gasteiger partial charge in [-0.15, -0.1) is 0 Å². The van der Waals surface area contributed by atoms with Gasteiger partial charge < -0.3 is 4.74 Å². The van der Waals surface area contributed by atoms with Crippen molar-refractivity contribution < 1.29 is 17.9 Å². The van der Waals surface area contributed by atoms with E-state index in [1.807, 2.05) is 0 Å². The van der Waals surface area contributed by atoms with Crippen molar-refractivity contribution in [2.75, 3.05) is 18.0 Å². The molecule has 2 aromatic carbocycles. The number of benzene rings is 2. The molecule has 110 valence electrons. The van der Waals surface area contributed by atoms with Crippen molar-refractivity contribution in [2.45, 2.75) is 4.90 Å². The quantitative estimate of drug-likeness (QED) is 0.793. The van der Waals surface area contributed by atoms with Crippen molar-refractivity contribution in [3.8, 4) is 0 Å². The van der Waals surface area contributed by atoms with E-state index in [1.165, 1.54) is 19.2 Å². The molecule has 0 aliphatic rings. The molecule has 0 saturated heterocycles. The molecule has 0 fully saturated rings. The van der Waals surface area contributed by atoms with Gasteiger partial charge >= 0.3 is 5.97 Å². The third-order valence-electron chi connectivity index (χ3n) is 2.88. The summed E-state index contributed by atoms with van der Waals surface area (Å²) < 4.78 is 31.0. The van der Waals surface area contributed by atoms with Crippen LogP contribution in [-0.4, -0.2) is 28.0 Å². The van der Waals surface area contributed by atoms with Gasteiger partial charge in [0, 0.05) is 0 Å². The number of rotatable bonds is 5. The highest BCUT2D eigenvalue weighted by atomic mass is 32.2. The van der Waals surface area contributed by atoms with E-state index in [4.69, 9.17) is 0 Å². The zero-order valence-electron chi connectivity index (χ0n) is 11.5. The first-order valence-corrected chi connectivity index (χ1v) is 7.69. The number of ether oxygens (including phenoxy) is 1. The minimum Gasteiger partial charge on any atom is -0.468 e. The van der Waals surface area contributed by atoms with E-state index < -0.39 is 16.0 Å².